The van der Waals surface area contributed by atoms with Crippen molar-refractivity contribution in [2.24, 2.45) is 13.0 Å². The van der Waals surface area contributed by atoms with E-state index in [9.17, 15) is 4.79 Å². The second kappa shape index (κ2) is 7.18. The zero-order valence-corrected chi connectivity index (χ0v) is 16.1. The van der Waals surface area contributed by atoms with Gasteiger partial charge in [0.05, 0.1) is 11.6 Å². The van der Waals surface area contributed by atoms with Gasteiger partial charge in [0, 0.05) is 38.5 Å². The molecule has 2 heterocycles. The molecule has 3 aromatic rings. The van der Waals surface area contributed by atoms with E-state index in [0.29, 0.717) is 12.5 Å². The molecule has 5 heteroatoms. The van der Waals surface area contributed by atoms with E-state index in [2.05, 4.69) is 54.2 Å². The van der Waals surface area contributed by atoms with Gasteiger partial charge in [-0.05, 0) is 24.1 Å². The predicted octanol–water partition coefficient (Wildman–Crippen LogP) is 3.02. The molecule has 1 aliphatic rings. The molecular weight excluding hydrogens is 336 g/mol. The number of aromatic nitrogens is 1. The number of hydrogen-bond donors (Lipinski definition) is 2. The van der Waals surface area contributed by atoms with Crippen molar-refractivity contribution in [3.05, 3.63) is 71.4 Å². The topological polar surface area (TPSA) is 49.3 Å². The SMILES string of the molecule is Cc1cccc2cc(C(=O)N(C)CC3CNNC3c3ccccc3)n(C)c12. The van der Waals surface area contributed by atoms with Crippen LogP contribution in [0.5, 0.6) is 0 Å². The van der Waals surface area contributed by atoms with Gasteiger partial charge in [-0.25, -0.2) is 5.43 Å². The minimum Gasteiger partial charge on any atom is -0.340 e. The Morgan fingerprint density at radius 3 is 2.70 bits per heavy atom. The van der Waals surface area contributed by atoms with Crippen molar-refractivity contribution < 1.29 is 4.79 Å². The van der Waals surface area contributed by atoms with Crippen molar-refractivity contribution in [2.75, 3.05) is 20.1 Å². The van der Waals surface area contributed by atoms with Gasteiger partial charge in [0.15, 0.2) is 0 Å². The maximum absolute atomic E-state index is 13.1. The summed E-state index contributed by atoms with van der Waals surface area (Å²) < 4.78 is 2.02. The number of carbonyl (C=O) groups excluding carboxylic acids is 1. The fraction of sp³-hybridized carbons (Fsp3) is 0.318. The Morgan fingerprint density at radius 2 is 1.96 bits per heavy atom. The van der Waals surface area contributed by atoms with Crippen molar-refractivity contribution in [1.82, 2.24) is 20.3 Å². The number of carbonyl (C=O) groups is 1. The van der Waals surface area contributed by atoms with Crippen LogP contribution in [0.25, 0.3) is 10.9 Å². The Bertz CT molecular complexity index is 963. The Kier molecular flexibility index (Phi) is 4.72. The van der Waals surface area contributed by atoms with Crippen LogP contribution in [0, 0.1) is 12.8 Å². The number of nitrogens with zero attached hydrogens (tertiary/aromatic N) is 2. The Labute approximate surface area is 159 Å². The average molecular weight is 362 g/mol. The third-order valence-electron chi connectivity index (χ3n) is 5.58. The molecule has 2 N–H and O–H groups in total. The lowest BCUT2D eigenvalue weighted by Crippen LogP contribution is -2.35. The number of rotatable bonds is 4. The largest absolute Gasteiger partial charge is 0.340 e. The average Bonchev–Trinajstić information content (AvgIpc) is 3.27. The van der Waals surface area contributed by atoms with E-state index in [1.54, 1.807) is 0 Å². The first-order valence-corrected chi connectivity index (χ1v) is 9.40. The molecular formula is C22H26N4O. The smallest absolute Gasteiger partial charge is 0.270 e. The number of fused-ring (bicyclic) bond motifs is 1. The highest BCUT2D eigenvalue weighted by Crippen LogP contribution is 2.27. The Hall–Kier alpha value is -2.63. The highest BCUT2D eigenvalue weighted by Gasteiger charge is 2.30. The minimum absolute atomic E-state index is 0.0619. The summed E-state index contributed by atoms with van der Waals surface area (Å²) in [4.78, 5) is 15.0. The van der Waals surface area contributed by atoms with Crippen LogP contribution in [-0.2, 0) is 7.05 Å². The second-order valence-corrected chi connectivity index (χ2v) is 7.46. The molecule has 0 radical (unpaired) electrons. The fourth-order valence-corrected chi connectivity index (χ4v) is 4.18. The maximum Gasteiger partial charge on any atom is 0.270 e. The monoisotopic (exact) mass is 362 g/mol. The summed E-state index contributed by atoms with van der Waals surface area (Å²) in [5, 5.41) is 1.11. The van der Waals surface area contributed by atoms with Crippen LogP contribution in [0.4, 0.5) is 0 Å². The van der Waals surface area contributed by atoms with Gasteiger partial charge in [-0.2, -0.15) is 0 Å². The van der Waals surface area contributed by atoms with Gasteiger partial charge in [-0.3, -0.25) is 10.2 Å². The Balaban J connectivity index is 1.55. The number of nitrogens with one attached hydrogen (secondary N) is 2. The van der Waals surface area contributed by atoms with E-state index in [-0.39, 0.29) is 11.9 Å². The van der Waals surface area contributed by atoms with Crippen molar-refractivity contribution in [2.45, 2.75) is 13.0 Å². The molecule has 2 atom stereocenters. The van der Waals surface area contributed by atoms with Crippen molar-refractivity contribution in [3.8, 4) is 0 Å². The van der Waals surface area contributed by atoms with Gasteiger partial charge in [-0.1, -0.05) is 48.5 Å². The predicted molar refractivity (Wildman–Crippen MR) is 108 cm³/mol. The minimum atomic E-state index is 0.0619. The summed E-state index contributed by atoms with van der Waals surface area (Å²) >= 11 is 0. The van der Waals surface area contributed by atoms with Crippen LogP contribution < -0.4 is 10.9 Å². The van der Waals surface area contributed by atoms with E-state index in [1.807, 2.05) is 41.8 Å². The van der Waals surface area contributed by atoms with E-state index < -0.39 is 0 Å². The number of amides is 1. The molecule has 0 aliphatic carbocycles. The fourth-order valence-electron chi connectivity index (χ4n) is 4.18. The molecule has 4 rings (SSSR count). The number of hydrogen-bond acceptors (Lipinski definition) is 3. The van der Waals surface area contributed by atoms with Crippen LogP contribution in [0.2, 0.25) is 0 Å². The van der Waals surface area contributed by atoms with Crippen molar-refractivity contribution >= 4 is 16.8 Å². The molecule has 1 amide bonds. The van der Waals surface area contributed by atoms with Gasteiger partial charge in [-0.15, -0.1) is 0 Å². The van der Waals surface area contributed by atoms with E-state index in [4.69, 9.17) is 0 Å². The lowest BCUT2D eigenvalue weighted by Gasteiger charge is -2.25. The summed E-state index contributed by atoms with van der Waals surface area (Å²) in [5.74, 6) is 0.379. The third kappa shape index (κ3) is 3.24. The molecule has 1 aromatic heterocycles. The number of aryl methyl sites for hydroxylation is 2. The van der Waals surface area contributed by atoms with Gasteiger partial charge in [0.25, 0.3) is 5.91 Å². The zero-order valence-electron chi connectivity index (χ0n) is 16.1. The summed E-state index contributed by atoms with van der Waals surface area (Å²) in [6.45, 7) is 3.62. The lowest BCUT2D eigenvalue weighted by molar-refractivity contribution is 0.0762. The molecule has 0 saturated carbocycles. The van der Waals surface area contributed by atoms with Crippen molar-refractivity contribution in [3.63, 3.8) is 0 Å². The summed E-state index contributed by atoms with van der Waals surface area (Å²) in [6.07, 6.45) is 0. The van der Waals surface area contributed by atoms with E-state index in [1.165, 1.54) is 11.1 Å². The number of hydrazine groups is 1. The first-order valence-electron chi connectivity index (χ1n) is 9.40. The number of para-hydroxylation sites is 1. The standard InChI is InChI=1S/C22H26N4O/c1-15-8-7-11-17-12-19(26(3)21(15)17)22(27)25(2)14-18-13-23-24-20(18)16-9-5-4-6-10-16/h4-12,18,20,23-24H,13-14H2,1-3H3. The van der Waals surface area contributed by atoms with E-state index in [0.717, 1.165) is 23.1 Å². The summed E-state index contributed by atoms with van der Waals surface area (Å²) in [7, 11) is 3.87. The third-order valence-corrected chi connectivity index (χ3v) is 5.58. The molecule has 2 aromatic carbocycles. The molecule has 27 heavy (non-hydrogen) atoms. The molecule has 1 aliphatic heterocycles. The first-order chi connectivity index (χ1) is 13.1. The molecule has 1 saturated heterocycles. The van der Waals surface area contributed by atoms with Gasteiger partial charge in [0.1, 0.15) is 5.69 Å². The van der Waals surface area contributed by atoms with Crippen LogP contribution in [0.1, 0.15) is 27.7 Å². The van der Waals surface area contributed by atoms with Crippen LogP contribution in [0.15, 0.2) is 54.6 Å². The lowest BCUT2D eigenvalue weighted by atomic mass is 9.94. The number of benzene rings is 2. The molecule has 140 valence electrons. The zero-order chi connectivity index (χ0) is 19.0. The van der Waals surface area contributed by atoms with Crippen LogP contribution in [-0.4, -0.2) is 35.5 Å². The summed E-state index contributed by atoms with van der Waals surface area (Å²) in [6, 6.07) is 18.8. The maximum atomic E-state index is 13.1. The first kappa shape index (κ1) is 17.8. The van der Waals surface area contributed by atoms with Crippen LogP contribution in [0.3, 0.4) is 0 Å². The molecule has 0 spiro atoms. The highest BCUT2D eigenvalue weighted by molar-refractivity contribution is 5.99. The van der Waals surface area contributed by atoms with Gasteiger partial charge < -0.3 is 9.47 Å². The normalized spacial score (nSPS) is 19.5. The molecule has 2 unspecified atom stereocenters. The van der Waals surface area contributed by atoms with Gasteiger partial charge >= 0.3 is 0 Å². The molecule has 0 bridgehead atoms. The van der Waals surface area contributed by atoms with Crippen LogP contribution >= 0.6 is 0 Å². The molecule has 1 fully saturated rings. The quantitative estimate of drug-likeness (QED) is 0.750. The van der Waals surface area contributed by atoms with Gasteiger partial charge in [0.2, 0.25) is 0 Å². The van der Waals surface area contributed by atoms with Crippen molar-refractivity contribution in [1.29, 1.82) is 0 Å². The highest BCUT2D eigenvalue weighted by atomic mass is 16.2. The summed E-state index contributed by atoms with van der Waals surface area (Å²) in [5.41, 5.74) is 10.9. The second-order valence-electron chi connectivity index (χ2n) is 7.46. The Morgan fingerprint density at radius 1 is 1.19 bits per heavy atom. The van der Waals surface area contributed by atoms with E-state index >= 15 is 0 Å². The molecule has 5 nitrogen and oxygen atoms in total.